The molecule has 0 aromatic heterocycles. The zero-order valence-corrected chi connectivity index (χ0v) is 13.7. The standard InChI is InChI=1S/C15H16ClNO4S/c1-17(13-4-5-22(19,20)9-13)15(18)11-6-10-7-12(16)2-3-14(10)21-8-11/h2-3,6-7,13H,4-5,8-9H2,1H3. The number of rotatable bonds is 2. The second-order valence-electron chi connectivity index (χ2n) is 5.61. The molecule has 3 rings (SSSR count). The number of amides is 1. The third-order valence-corrected chi connectivity index (χ3v) is 6.02. The van der Waals surface area contributed by atoms with E-state index in [9.17, 15) is 13.2 Å². The fourth-order valence-corrected chi connectivity index (χ4v) is 4.70. The smallest absolute Gasteiger partial charge is 0.253 e. The minimum atomic E-state index is -3.02. The Bertz CT molecular complexity index is 757. The molecule has 2 heterocycles. The molecule has 0 N–H and O–H groups in total. The van der Waals surface area contributed by atoms with Crippen molar-refractivity contribution in [2.75, 3.05) is 25.2 Å². The number of halogens is 1. The molecule has 1 aromatic rings. The van der Waals surface area contributed by atoms with Crippen molar-refractivity contribution in [3.8, 4) is 5.75 Å². The van der Waals surface area contributed by atoms with Crippen molar-refractivity contribution >= 4 is 33.4 Å². The number of carbonyl (C=O) groups is 1. The molecule has 1 aromatic carbocycles. The number of likely N-dealkylation sites (N-methyl/N-ethyl adjacent to an activating group) is 1. The molecule has 1 amide bonds. The maximum Gasteiger partial charge on any atom is 0.253 e. The molecular formula is C15H16ClNO4S. The minimum absolute atomic E-state index is 0.0335. The number of hydrogen-bond donors (Lipinski definition) is 0. The van der Waals surface area contributed by atoms with Crippen molar-refractivity contribution in [1.29, 1.82) is 0 Å². The highest BCUT2D eigenvalue weighted by molar-refractivity contribution is 7.91. The first-order valence-corrected chi connectivity index (χ1v) is 9.16. The van der Waals surface area contributed by atoms with E-state index in [1.807, 2.05) is 0 Å². The fraction of sp³-hybridized carbons (Fsp3) is 0.400. The van der Waals surface area contributed by atoms with Crippen LogP contribution in [0.15, 0.2) is 23.8 Å². The molecule has 1 atom stereocenters. The Kier molecular flexibility index (Phi) is 3.91. The SMILES string of the molecule is CN(C(=O)C1=Cc2cc(Cl)ccc2OC1)C1CCS(=O)(=O)C1. The Labute approximate surface area is 134 Å². The van der Waals surface area contributed by atoms with E-state index in [1.165, 1.54) is 4.90 Å². The van der Waals surface area contributed by atoms with Crippen LogP contribution in [0.1, 0.15) is 12.0 Å². The Hall–Kier alpha value is -1.53. The Balaban J connectivity index is 1.81. The molecule has 2 aliphatic rings. The predicted octanol–water partition coefficient (Wildman–Crippen LogP) is 1.76. The minimum Gasteiger partial charge on any atom is -0.488 e. The van der Waals surface area contributed by atoms with Crippen LogP contribution in [0.3, 0.4) is 0 Å². The summed E-state index contributed by atoms with van der Waals surface area (Å²) in [5.41, 5.74) is 1.26. The zero-order valence-electron chi connectivity index (χ0n) is 12.1. The summed E-state index contributed by atoms with van der Waals surface area (Å²) in [4.78, 5) is 14.0. The van der Waals surface area contributed by atoms with Gasteiger partial charge < -0.3 is 9.64 Å². The number of fused-ring (bicyclic) bond motifs is 1. The molecule has 22 heavy (non-hydrogen) atoms. The normalized spacial score (nSPS) is 22.5. The number of sulfone groups is 1. The number of benzene rings is 1. The van der Waals surface area contributed by atoms with Gasteiger partial charge in [0.15, 0.2) is 9.84 Å². The van der Waals surface area contributed by atoms with Crippen LogP contribution < -0.4 is 4.74 Å². The monoisotopic (exact) mass is 341 g/mol. The zero-order chi connectivity index (χ0) is 15.9. The lowest BCUT2D eigenvalue weighted by atomic mass is 10.1. The Morgan fingerprint density at radius 1 is 1.41 bits per heavy atom. The Morgan fingerprint density at radius 2 is 2.18 bits per heavy atom. The summed E-state index contributed by atoms with van der Waals surface area (Å²) in [7, 11) is -1.38. The van der Waals surface area contributed by atoms with E-state index in [4.69, 9.17) is 16.3 Å². The van der Waals surface area contributed by atoms with Gasteiger partial charge in [-0.15, -0.1) is 0 Å². The first-order chi connectivity index (χ1) is 10.4. The summed E-state index contributed by atoms with van der Waals surface area (Å²) in [5.74, 6) is 0.662. The van der Waals surface area contributed by atoms with Gasteiger partial charge in [0, 0.05) is 23.7 Å². The number of hydrogen-bond acceptors (Lipinski definition) is 4. The molecule has 1 fully saturated rings. The van der Waals surface area contributed by atoms with Gasteiger partial charge in [0.2, 0.25) is 0 Å². The second-order valence-corrected chi connectivity index (χ2v) is 8.28. The molecule has 1 saturated heterocycles. The molecular weight excluding hydrogens is 326 g/mol. The van der Waals surface area contributed by atoms with Crippen LogP contribution in [-0.2, 0) is 14.6 Å². The van der Waals surface area contributed by atoms with Crippen LogP contribution in [0.4, 0.5) is 0 Å². The highest BCUT2D eigenvalue weighted by Crippen LogP contribution is 2.30. The first kappa shape index (κ1) is 15.4. The van der Waals surface area contributed by atoms with Gasteiger partial charge >= 0.3 is 0 Å². The van der Waals surface area contributed by atoms with Gasteiger partial charge in [0.05, 0.1) is 17.1 Å². The van der Waals surface area contributed by atoms with E-state index in [1.54, 1.807) is 31.3 Å². The summed E-state index contributed by atoms with van der Waals surface area (Å²) in [6.45, 7) is 0.178. The molecule has 5 nitrogen and oxygen atoms in total. The summed E-state index contributed by atoms with van der Waals surface area (Å²) < 4.78 is 28.7. The summed E-state index contributed by atoms with van der Waals surface area (Å²) in [6.07, 6.45) is 2.24. The number of nitrogens with zero attached hydrogens (tertiary/aromatic N) is 1. The highest BCUT2D eigenvalue weighted by Gasteiger charge is 2.34. The van der Waals surface area contributed by atoms with Crippen LogP contribution in [0.2, 0.25) is 5.02 Å². The molecule has 2 aliphatic heterocycles. The lowest BCUT2D eigenvalue weighted by Crippen LogP contribution is -2.39. The van der Waals surface area contributed by atoms with Crippen molar-refractivity contribution in [2.24, 2.45) is 0 Å². The van der Waals surface area contributed by atoms with E-state index in [0.717, 1.165) is 5.56 Å². The van der Waals surface area contributed by atoms with E-state index < -0.39 is 9.84 Å². The second kappa shape index (κ2) is 5.59. The van der Waals surface area contributed by atoms with Crippen LogP contribution in [-0.4, -0.2) is 50.4 Å². The topological polar surface area (TPSA) is 63.7 Å². The molecule has 0 bridgehead atoms. The molecule has 118 valence electrons. The van der Waals surface area contributed by atoms with Crippen molar-refractivity contribution in [3.63, 3.8) is 0 Å². The van der Waals surface area contributed by atoms with Gasteiger partial charge in [-0.2, -0.15) is 0 Å². The maximum absolute atomic E-state index is 12.5. The summed E-state index contributed by atoms with van der Waals surface area (Å²) in [5, 5.41) is 0.572. The maximum atomic E-state index is 12.5. The van der Waals surface area contributed by atoms with Crippen molar-refractivity contribution < 1.29 is 17.9 Å². The summed E-state index contributed by atoms with van der Waals surface area (Å²) >= 11 is 5.95. The number of ether oxygens (including phenoxy) is 1. The largest absolute Gasteiger partial charge is 0.488 e. The molecule has 0 saturated carbocycles. The molecule has 0 aliphatic carbocycles. The van der Waals surface area contributed by atoms with Gasteiger partial charge in [-0.25, -0.2) is 8.42 Å². The van der Waals surface area contributed by atoms with Crippen LogP contribution >= 0.6 is 11.6 Å². The van der Waals surface area contributed by atoms with Crippen LogP contribution in [0.5, 0.6) is 5.75 Å². The van der Waals surface area contributed by atoms with Crippen molar-refractivity contribution in [3.05, 3.63) is 34.4 Å². The summed E-state index contributed by atoms with van der Waals surface area (Å²) in [6, 6.07) is 4.97. The van der Waals surface area contributed by atoms with Gasteiger partial charge in [0.1, 0.15) is 12.4 Å². The molecule has 1 unspecified atom stereocenters. The molecule has 0 radical (unpaired) electrons. The average Bonchev–Trinajstić information content (AvgIpc) is 2.85. The molecule has 7 heteroatoms. The Morgan fingerprint density at radius 3 is 2.86 bits per heavy atom. The quantitative estimate of drug-likeness (QED) is 0.822. The van der Waals surface area contributed by atoms with E-state index >= 15 is 0 Å². The van der Waals surface area contributed by atoms with E-state index in [2.05, 4.69) is 0 Å². The third kappa shape index (κ3) is 2.98. The number of carbonyl (C=O) groups excluding carboxylic acids is 1. The van der Waals surface area contributed by atoms with Gasteiger partial charge in [0.25, 0.3) is 5.91 Å². The lowest BCUT2D eigenvalue weighted by Gasteiger charge is -2.26. The van der Waals surface area contributed by atoms with Gasteiger partial charge in [-0.05, 0) is 30.7 Å². The van der Waals surface area contributed by atoms with Crippen LogP contribution in [0.25, 0.3) is 6.08 Å². The first-order valence-electron chi connectivity index (χ1n) is 6.96. The third-order valence-electron chi connectivity index (χ3n) is 4.04. The predicted molar refractivity (Wildman–Crippen MR) is 84.8 cm³/mol. The van der Waals surface area contributed by atoms with Crippen LogP contribution in [0, 0.1) is 0 Å². The van der Waals surface area contributed by atoms with E-state index in [0.29, 0.717) is 22.8 Å². The van der Waals surface area contributed by atoms with Crippen molar-refractivity contribution in [2.45, 2.75) is 12.5 Å². The van der Waals surface area contributed by atoms with Gasteiger partial charge in [-0.1, -0.05) is 11.6 Å². The highest BCUT2D eigenvalue weighted by atomic mass is 35.5. The van der Waals surface area contributed by atoms with Gasteiger partial charge in [-0.3, -0.25) is 4.79 Å². The van der Waals surface area contributed by atoms with E-state index in [-0.39, 0.29) is 30.1 Å². The lowest BCUT2D eigenvalue weighted by molar-refractivity contribution is -0.127. The fourth-order valence-electron chi connectivity index (χ4n) is 2.75. The average molecular weight is 342 g/mol. The van der Waals surface area contributed by atoms with Crippen molar-refractivity contribution in [1.82, 2.24) is 4.90 Å². The molecule has 0 spiro atoms.